The number of hydrogen-bond acceptors (Lipinski definition) is 3. The Hall–Kier alpha value is -0.610. The lowest BCUT2D eigenvalue weighted by Gasteiger charge is -2.29. The molecule has 0 spiro atoms. The third-order valence-electron chi connectivity index (χ3n) is 3.68. The second-order valence-corrected chi connectivity index (χ2v) is 4.64. The monoisotopic (exact) mass is 212 g/mol. The van der Waals surface area contributed by atoms with Crippen molar-refractivity contribution in [3.05, 3.63) is 0 Å². The molecule has 3 unspecified atom stereocenters. The zero-order valence-corrected chi connectivity index (χ0v) is 9.32. The van der Waals surface area contributed by atoms with Crippen LogP contribution in [-0.2, 0) is 9.53 Å². The molecule has 1 heterocycles. The Morgan fingerprint density at radius 1 is 1.47 bits per heavy atom. The number of ether oxygens (including phenoxy) is 1. The van der Waals surface area contributed by atoms with Crippen molar-refractivity contribution in [3.8, 4) is 0 Å². The molecule has 1 aliphatic carbocycles. The topological polar surface area (TPSA) is 55.6 Å². The van der Waals surface area contributed by atoms with Crippen LogP contribution in [0.1, 0.15) is 25.7 Å². The molecule has 1 aliphatic heterocycles. The zero-order valence-electron chi connectivity index (χ0n) is 9.32. The fourth-order valence-corrected chi connectivity index (χ4v) is 2.89. The molecule has 1 saturated carbocycles. The number of carbonyl (C=O) groups is 1. The predicted octanol–water partition coefficient (Wildman–Crippen LogP) is 0.361. The maximum absolute atomic E-state index is 11.8. The van der Waals surface area contributed by atoms with Gasteiger partial charge >= 0.3 is 0 Å². The van der Waals surface area contributed by atoms with Crippen molar-refractivity contribution in [1.29, 1.82) is 0 Å². The van der Waals surface area contributed by atoms with Crippen LogP contribution in [0.25, 0.3) is 0 Å². The number of amides is 1. The summed E-state index contributed by atoms with van der Waals surface area (Å²) in [4.78, 5) is 13.8. The van der Waals surface area contributed by atoms with E-state index in [9.17, 15) is 4.79 Å². The molecule has 2 aliphatic rings. The predicted molar refractivity (Wildman–Crippen MR) is 57.3 cm³/mol. The molecule has 2 fully saturated rings. The number of rotatable bonds is 3. The van der Waals surface area contributed by atoms with Crippen molar-refractivity contribution in [2.45, 2.75) is 37.8 Å². The van der Waals surface area contributed by atoms with E-state index < -0.39 is 0 Å². The Bertz CT molecular complexity index is 245. The highest BCUT2D eigenvalue weighted by atomic mass is 16.5. The summed E-state index contributed by atoms with van der Waals surface area (Å²) in [7, 11) is 1.73. The van der Waals surface area contributed by atoms with Crippen LogP contribution in [-0.4, -0.2) is 43.2 Å². The number of nitrogens with two attached hydrogens (primary N) is 1. The normalized spacial score (nSPS) is 36.5. The van der Waals surface area contributed by atoms with Gasteiger partial charge in [-0.25, -0.2) is 0 Å². The van der Waals surface area contributed by atoms with E-state index in [-0.39, 0.29) is 11.9 Å². The minimum atomic E-state index is -0.256. The van der Waals surface area contributed by atoms with Crippen molar-refractivity contribution in [2.75, 3.05) is 20.3 Å². The van der Waals surface area contributed by atoms with Crippen LogP contribution >= 0.6 is 0 Å². The molecule has 1 amide bonds. The molecule has 0 aromatic rings. The molecule has 3 atom stereocenters. The summed E-state index contributed by atoms with van der Waals surface area (Å²) in [5.41, 5.74) is 5.73. The van der Waals surface area contributed by atoms with Gasteiger partial charge in [0.1, 0.15) is 0 Å². The van der Waals surface area contributed by atoms with Crippen LogP contribution in [0.15, 0.2) is 0 Å². The summed E-state index contributed by atoms with van der Waals surface area (Å²) >= 11 is 0. The SMILES string of the molecule is COCC1CCCC1N1CCC(N)C1=O. The molecule has 0 aromatic heterocycles. The van der Waals surface area contributed by atoms with Gasteiger partial charge in [-0.2, -0.15) is 0 Å². The van der Waals surface area contributed by atoms with Crippen molar-refractivity contribution < 1.29 is 9.53 Å². The Kier molecular flexibility index (Phi) is 3.26. The fourth-order valence-electron chi connectivity index (χ4n) is 2.89. The summed E-state index contributed by atoms with van der Waals surface area (Å²) in [5.74, 6) is 0.659. The van der Waals surface area contributed by atoms with Gasteiger partial charge in [0, 0.05) is 25.6 Å². The number of methoxy groups -OCH3 is 1. The van der Waals surface area contributed by atoms with Gasteiger partial charge in [-0.05, 0) is 19.3 Å². The maximum atomic E-state index is 11.8. The first kappa shape index (κ1) is 10.9. The Balaban J connectivity index is 2.00. The molecule has 86 valence electrons. The fraction of sp³-hybridized carbons (Fsp3) is 0.909. The standard InChI is InChI=1S/C11H20N2O2/c1-15-7-8-3-2-4-10(8)13-6-5-9(12)11(13)14/h8-10H,2-7,12H2,1H3. The van der Waals surface area contributed by atoms with E-state index in [1.807, 2.05) is 4.90 Å². The minimum absolute atomic E-state index is 0.142. The van der Waals surface area contributed by atoms with Crippen molar-refractivity contribution in [3.63, 3.8) is 0 Å². The molecular weight excluding hydrogens is 192 g/mol. The average Bonchev–Trinajstić information content (AvgIpc) is 2.77. The lowest BCUT2D eigenvalue weighted by molar-refractivity contribution is -0.131. The molecule has 4 heteroatoms. The maximum Gasteiger partial charge on any atom is 0.239 e. The summed E-state index contributed by atoms with van der Waals surface area (Å²) < 4.78 is 5.21. The van der Waals surface area contributed by atoms with Gasteiger partial charge in [0.2, 0.25) is 5.91 Å². The molecule has 1 saturated heterocycles. The Labute approximate surface area is 90.8 Å². The first-order chi connectivity index (χ1) is 7.24. The highest BCUT2D eigenvalue weighted by molar-refractivity contribution is 5.84. The van der Waals surface area contributed by atoms with Gasteiger partial charge in [0.05, 0.1) is 12.6 Å². The molecule has 0 aromatic carbocycles. The van der Waals surface area contributed by atoms with Crippen molar-refractivity contribution in [1.82, 2.24) is 4.90 Å². The Morgan fingerprint density at radius 3 is 2.87 bits per heavy atom. The van der Waals surface area contributed by atoms with Crippen molar-refractivity contribution >= 4 is 5.91 Å². The molecule has 0 bridgehead atoms. The minimum Gasteiger partial charge on any atom is -0.384 e. The molecule has 15 heavy (non-hydrogen) atoms. The lowest BCUT2D eigenvalue weighted by atomic mass is 10.0. The first-order valence-corrected chi connectivity index (χ1v) is 5.79. The van der Waals surface area contributed by atoms with E-state index in [2.05, 4.69) is 0 Å². The van der Waals surface area contributed by atoms with Crippen LogP contribution in [0.2, 0.25) is 0 Å². The van der Waals surface area contributed by atoms with E-state index in [0.29, 0.717) is 12.0 Å². The van der Waals surface area contributed by atoms with E-state index in [4.69, 9.17) is 10.5 Å². The van der Waals surface area contributed by atoms with E-state index in [0.717, 1.165) is 26.0 Å². The van der Waals surface area contributed by atoms with E-state index in [1.54, 1.807) is 7.11 Å². The third-order valence-corrected chi connectivity index (χ3v) is 3.68. The third kappa shape index (κ3) is 2.01. The highest BCUT2D eigenvalue weighted by Gasteiger charge is 2.39. The molecule has 4 nitrogen and oxygen atoms in total. The summed E-state index contributed by atoms with van der Waals surface area (Å²) in [5, 5.41) is 0. The van der Waals surface area contributed by atoms with Gasteiger partial charge in [0.25, 0.3) is 0 Å². The summed E-state index contributed by atoms with van der Waals surface area (Å²) in [6.07, 6.45) is 4.32. The lowest BCUT2D eigenvalue weighted by Crippen LogP contribution is -2.43. The van der Waals surface area contributed by atoms with Gasteiger partial charge < -0.3 is 15.4 Å². The molecule has 2 rings (SSSR count). The second-order valence-electron chi connectivity index (χ2n) is 4.64. The number of nitrogens with zero attached hydrogens (tertiary/aromatic N) is 1. The summed E-state index contributed by atoms with van der Waals surface area (Å²) in [6.45, 7) is 1.61. The smallest absolute Gasteiger partial charge is 0.239 e. The van der Waals surface area contributed by atoms with Crippen molar-refractivity contribution in [2.24, 2.45) is 11.7 Å². The van der Waals surface area contributed by atoms with Gasteiger partial charge in [-0.15, -0.1) is 0 Å². The van der Waals surface area contributed by atoms with Crippen LogP contribution in [0, 0.1) is 5.92 Å². The number of likely N-dealkylation sites (tertiary alicyclic amines) is 1. The van der Waals surface area contributed by atoms with Crippen LogP contribution in [0.4, 0.5) is 0 Å². The van der Waals surface area contributed by atoms with Gasteiger partial charge in [-0.3, -0.25) is 4.79 Å². The average molecular weight is 212 g/mol. The quantitative estimate of drug-likeness (QED) is 0.735. The second kappa shape index (κ2) is 4.49. The summed E-state index contributed by atoms with van der Waals surface area (Å²) in [6, 6.07) is 0.125. The van der Waals surface area contributed by atoms with Gasteiger partial charge in [-0.1, -0.05) is 6.42 Å². The van der Waals surface area contributed by atoms with Gasteiger partial charge in [0.15, 0.2) is 0 Å². The van der Waals surface area contributed by atoms with Crippen LogP contribution in [0.3, 0.4) is 0 Å². The molecule has 0 radical (unpaired) electrons. The number of hydrogen-bond donors (Lipinski definition) is 1. The van der Waals surface area contributed by atoms with Crippen LogP contribution < -0.4 is 5.73 Å². The van der Waals surface area contributed by atoms with E-state index >= 15 is 0 Å². The van der Waals surface area contributed by atoms with E-state index in [1.165, 1.54) is 12.8 Å². The largest absolute Gasteiger partial charge is 0.384 e. The first-order valence-electron chi connectivity index (χ1n) is 5.79. The molecule has 2 N–H and O–H groups in total. The molecular formula is C11H20N2O2. The Morgan fingerprint density at radius 2 is 2.27 bits per heavy atom. The zero-order chi connectivity index (χ0) is 10.8. The number of carbonyl (C=O) groups excluding carboxylic acids is 1. The highest BCUT2D eigenvalue weighted by Crippen LogP contribution is 2.32. The van der Waals surface area contributed by atoms with Crippen LogP contribution in [0.5, 0.6) is 0 Å².